The van der Waals surface area contributed by atoms with Gasteiger partial charge >= 0.3 is 0 Å². The van der Waals surface area contributed by atoms with E-state index < -0.39 is 5.24 Å². The predicted molar refractivity (Wildman–Crippen MR) is 55.3 cm³/mol. The molecule has 0 aromatic carbocycles. The van der Waals surface area contributed by atoms with Gasteiger partial charge in [-0.25, -0.2) is 0 Å². The molecule has 1 heterocycles. The van der Waals surface area contributed by atoms with Gasteiger partial charge in [0, 0.05) is 0 Å². The highest BCUT2D eigenvalue weighted by Gasteiger charge is 2.59. The molecular weight excluding hydrogens is 230 g/mol. The first-order chi connectivity index (χ1) is 7.59. The average Bonchev–Trinajstić information content (AvgIpc) is 2.87. The molecule has 2 aliphatic carbocycles. The minimum absolute atomic E-state index is 0.182. The van der Waals surface area contributed by atoms with Crippen LogP contribution in [-0.2, 0) is 14.4 Å². The molecule has 2 amide bonds. The minimum Gasteiger partial charge on any atom is -0.279 e. The van der Waals surface area contributed by atoms with Crippen molar-refractivity contribution in [1.82, 2.24) is 4.90 Å². The highest BCUT2D eigenvalue weighted by Crippen LogP contribution is 2.52. The van der Waals surface area contributed by atoms with Crippen LogP contribution >= 0.6 is 11.6 Å². The van der Waals surface area contributed by atoms with E-state index in [-0.39, 0.29) is 42.0 Å². The van der Waals surface area contributed by atoms with E-state index in [1.54, 1.807) is 0 Å². The molecule has 1 aliphatic heterocycles. The smallest absolute Gasteiger partial charge is 0.241 e. The van der Waals surface area contributed by atoms with Gasteiger partial charge in [-0.1, -0.05) is 12.2 Å². The van der Waals surface area contributed by atoms with E-state index in [0.29, 0.717) is 0 Å². The van der Waals surface area contributed by atoms with Gasteiger partial charge in [-0.05, 0) is 29.9 Å². The lowest BCUT2D eigenvalue weighted by molar-refractivity contribution is -0.142. The molecule has 0 spiro atoms. The third-order valence-corrected chi connectivity index (χ3v) is 3.96. The lowest BCUT2D eigenvalue weighted by atomic mass is 9.85. The van der Waals surface area contributed by atoms with Gasteiger partial charge in [0.1, 0.15) is 6.54 Å². The number of imide groups is 1. The van der Waals surface area contributed by atoms with Crippen LogP contribution in [0.15, 0.2) is 12.2 Å². The zero-order valence-electron chi connectivity index (χ0n) is 8.43. The second-order valence-corrected chi connectivity index (χ2v) is 5.04. The van der Waals surface area contributed by atoms with E-state index >= 15 is 0 Å². The van der Waals surface area contributed by atoms with E-state index in [1.165, 1.54) is 0 Å². The van der Waals surface area contributed by atoms with Crippen molar-refractivity contribution in [2.45, 2.75) is 6.42 Å². The Labute approximate surface area is 97.2 Å². The fourth-order valence-electron chi connectivity index (χ4n) is 3.24. The van der Waals surface area contributed by atoms with Gasteiger partial charge in [-0.15, -0.1) is 0 Å². The normalized spacial score (nSPS) is 39.7. The summed E-state index contributed by atoms with van der Waals surface area (Å²) in [4.78, 5) is 35.8. The molecule has 5 heteroatoms. The van der Waals surface area contributed by atoms with E-state index in [9.17, 15) is 14.4 Å². The fourth-order valence-corrected chi connectivity index (χ4v) is 3.36. The van der Waals surface area contributed by atoms with Crippen LogP contribution in [0.3, 0.4) is 0 Å². The highest BCUT2D eigenvalue weighted by molar-refractivity contribution is 6.64. The zero-order chi connectivity index (χ0) is 11.4. The molecule has 0 aromatic heterocycles. The van der Waals surface area contributed by atoms with Gasteiger partial charge in [0.15, 0.2) is 0 Å². The first kappa shape index (κ1) is 10.0. The third kappa shape index (κ3) is 1.13. The van der Waals surface area contributed by atoms with Gasteiger partial charge in [-0.3, -0.25) is 19.3 Å². The molecule has 16 heavy (non-hydrogen) atoms. The molecule has 1 saturated carbocycles. The monoisotopic (exact) mass is 239 g/mol. The van der Waals surface area contributed by atoms with Gasteiger partial charge in [-0.2, -0.15) is 0 Å². The standard InChI is InChI=1S/C11H10ClNO3/c12-7(14)4-13-10(15)8-5-1-2-6(3-5)9(8)11(13)16/h1-2,5-6,8-9H,3-4H2. The van der Waals surface area contributed by atoms with Crippen LogP contribution in [0.5, 0.6) is 0 Å². The topological polar surface area (TPSA) is 54.5 Å². The molecule has 2 bridgehead atoms. The number of carbonyl (C=O) groups excluding carboxylic acids is 3. The SMILES string of the molecule is O=C(Cl)CN1C(=O)C2C3C=CC(C3)C2C1=O. The molecule has 3 aliphatic rings. The number of carbonyl (C=O) groups is 3. The van der Waals surface area contributed by atoms with Gasteiger partial charge in [0.2, 0.25) is 17.1 Å². The van der Waals surface area contributed by atoms with Gasteiger partial charge in [0.25, 0.3) is 0 Å². The van der Waals surface area contributed by atoms with Crippen molar-refractivity contribution in [2.24, 2.45) is 23.7 Å². The predicted octanol–water partition coefficient (Wildman–Crippen LogP) is 0.559. The van der Waals surface area contributed by atoms with Crippen LogP contribution in [0.1, 0.15) is 6.42 Å². The van der Waals surface area contributed by atoms with Crippen molar-refractivity contribution in [3.8, 4) is 0 Å². The van der Waals surface area contributed by atoms with Gasteiger partial charge in [0.05, 0.1) is 11.8 Å². The number of rotatable bonds is 2. The maximum Gasteiger partial charge on any atom is 0.241 e. The van der Waals surface area contributed by atoms with Crippen molar-refractivity contribution < 1.29 is 14.4 Å². The lowest BCUT2D eigenvalue weighted by Crippen LogP contribution is -2.36. The first-order valence-corrected chi connectivity index (χ1v) is 5.69. The number of nitrogens with zero attached hydrogens (tertiary/aromatic N) is 1. The molecule has 0 radical (unpaired) electrons. The van der Waals surface area contributed by atoms with Gasteiger partial charge < -0.3 is 0 Å². The van der Waals surface area contributed by atoms with E-state index in [0.717, 1.165) is 11.3 Å². The second-order valence-electron chi connectivity index (χ2n) is 4.62. The molecule has 84 valence electrons. The first-order valence-electron chi connectivity index (χ1n) is 5.31. The number of fused-ring (bicyclic) bond motifs is 5. The molecule has 1 saturated heterocycles. The molecule has 0 aromatic rings. The number of allylic oxidation sites excluding steroid dienone is 2. The van der Waals surface area contributed by atoms with E-state index in [2.05, 4.69) is 0 Å². The fraction of sp³-hybridized carbons (Fsp3) is 0.545. The Morgan fingerprint density at radius 2 is 1.75 bits per heavy atom. The van der Waals surface area contributed by atoms with Crippen molar-refractivity contribution in [3.63, 3.8) is 0 Å². The van der Waals surface area contributed by atoms with Crippen molar-refractivity contribution >= 4 is 28.7 Å². The summed E-state index contributed by atoms with van der Waals surface area (Å²) in [6.45, 7) is -0.286. The Bertz CT molecular complexity index is 401. The van der Waals surface area contributed by atoms with E-state index in [1.807, 2.05) is 12.2 Å². The van der Waals surface area contributed by atoms with Crippen LogP contribution in [0.2, 0.25) is 0 Å². The molecule has 2 fully saturated rings. The van der Waals surface area contributed by atoms with Crippen LogP contribution < -0.4 is 0 Å². The Balaban J connectivity index is 1.91. The van der Waals surface area contributed by atoms with Crippen LogP contribution in [0.4, 0.5) is 0 Å². The Morgan fingerprint density at radius 3 is 2.19 bits per heavy atom. The highest BCUT2D eigenvalue weighted by atomic mass is 35.5. The zero-order valence-corrected chi connectivity index (χ0v) is 9.18. The molecule has 4 unspecified atom stereocenters. The molecule has 0 N–H and O–H groups in total. The Kier molecular flexibility index (Phi) is 1.98. The maximum absolute atomic E-state index is 12.0. The molecule has 3 rings (SSSR count). The number of likely N-dealkylation sites (tertiary alicyclic amines) is 1. The summed E-state index contributed by atoms with van der Waals surface area (Å²) in [6, 6.07) is 0. The lowest BCUT2D eigenvalue weighted by Gasteiger charge is -2.14. The second kappa shape index (κ2) is 3.17. The number of amides is 2. The third-order valence-electron chi connectivity index (χ3n) is 3.84. The van der Waals surface area contributed by atoms with Crippen LogP contribution in [-0.4, -0.2) is 28.5 Å². The molecular formula is C11H10ClNO3. The summed E-state index contributed by atoms with van der Waals surface area (Å²) in [6.07, 6.45) is 4.93. The summed E-state index contributed by atoms with van der Waals surface area (Å²) in [5, 5.41) is -0.665. The quantitative estimate of drug-likeness (QED) is 0.402. The minimum atomic E-state index is -0.665. The van der Waals surface area contributed by atoms with Crippen molar-refractivity contribution in [3.05, 3.63) is 12.2 Å². The summed E-state index contributed by atoms with van der Waals surface area (Å²) < 4.78 is 0. The molecule has 4 atom stereocenters. The number of hydrogen-bond acceptors (Lipinski definition) is 3. The average molecular weight is 240 g/mol. The number of halogens is 1. The molecule has 4 nitrogen and oxygen atoms in total. The summed E-state index contributed by atoms with van der Waals surface area (Å²) in [5.41, 5.74) is 0. The summed E-state index contributed by atoms with van der Waals surface area (Å²) in [5.74, 6) is -0.553. The summed E-state index contributed by atoms with van der Waals surface area (Å²) >= 11 is 5.23. The van der Waals surface area contributed by atoms with Crippen molar-refractivity contribution in [1.29, 1.82) is 0 Å². The Morgan fingerprint density at radius 1 is 1.25 bits per heavy atom. The maximum atomic E-state index is 12.0. The Hall–Kier alpha value is -1.16. The van der Waals surface area contributed by atoms with Crippen LogP contribution in [0.25, 0.3) is 0 Å². The summed E-state index contributed by atoms with van der Waals surface area (Å²) in [7, 11) is 0. The van der Waals surface area contributed by atoms with E-state index in [4.69, 9.17) is 11.6 Å². The number of hydrogen-bond donors (Lipinski definition) is 0. The van der Waals surface area contributed by atoms with Crippen LogP contribution in [0, 0.1) is 23.7 Å². The van der Waals surface area contributed by atoms with Crippen molar-refractivity contribution in [2.75, 3.05) is 6.54 Å². The largest absolute Gasteiger partial charge is 0.279 e.